The van der Waals surface area contributed by atoms with Gasteiger partial charge in [0.05, 0.1) is 0 Å². The van der Waals surface area contributed by atoms with Gasteiger partial charge in [0.15, 0.2) is 5.11 Å². The molecule has 4 heteroatoms. The molecule has 0 fully saturated rings. The van der Waals surface area contributed by atoms with E-state index in [1.54, 1.807) is 0 Å². The molecule has 1 aromatic rings. The fourth-order valence-corrected chi connectivity index (χ4v) is 1.49. The molecule has 76 valence electrons. The van der Waals surface area contributed by atoms with Crippen molar-refractivity contribution >= 4 is 17.3 Å². The fraction of sp³-hybridized carbons (Fsp3) is 0.300. The molecular formula is C10H15N3S. The molecule has 0 bridgehead atoms. The number of hydrogen-bond donors (Lipinski definition) is 3. The third-order valence-electron chi connectivity index (χ3n) is 1.89. The van der Waals surface area contributed by atoms with Crippen molar-refractivity contribution in [3.8, 4) is 0 Å². The first-order chi connectivity index (χ1) is 6.72. The average molecular weight is 209 g/mol. The average Bonchev–Trinajstić information content (AvgIpc) is 2.19. The maximum Gasteiger partial charge on any atom is 0.180 e. The molecule has 0 radical (unpaired) electrons. The van der Waals surface area contributed by atoms with Crippen LogP contribution in [-0.2, 0) is 6.42 Å². The van der Waals surface area contributed by atoms with Crippen molar-refractivity contribution in [1.29, 1.82) is 0 Å². The zero-order chi connectivity index (χ0) is 10.4. The zero-order valence-electron chi connectivity index (χ0n) is 8.16. The van der Waals surface area contributed by atoms with Gasteiger partial charge in [0.2, 0.25) is 0 Å². The fourth-order valence-electron chi connectivity index (χ4n) is 1.28. The Labute approximate surface area is 89.7 Å². The quantitative estimate of drug-likeness (QED) is 0.394. The van der Waals surface area contributed by atoms with Gasteiger partial charge in [-0.2, -0.15) is 0 Å². The minimum Gasteiger partial charge on any atom is -0.359 e. The summed E-state index contributed by atoms with van der Waals surface area (Å²) in [5.74, 6) is 5.16. The van der Waals surface area contributed by atoms with Crippen molar-refractivity contribution in [2.75, 3.05) is 0 Å². The molecule has 1 rings (SSSR count). The van der Waals surface area contributed by atoms with E-state index in [1.807, 2.05) is 18.2 Å². The van der Waals surface area contributed by atoms with Gasteiger partial charge < -0.3 is 10.7 Å². The van der Waals surface area contributed by atoms with Gasteiger partial charge in [-0.25, -0.2) is 5.84 Å². The summed E-state index contributed by atoms with van der Waals surface area (Å²) >= 11 is 4.90. The molecule has 1 aromatic carbocycles. The van der Waals surface area contributed by atoms with Crippen LogP contribution in [0.3, 0.4) is 0 Å². The van der Waals surface area contributed by atoms with Crippen LogP contribution < -0.4 is 16.6 Å². The molecule has 14 heavy (non-hydrogen) atoms. The molecule has 0 spiro atoms. The largest absolute Gasteiger partial charge is 0.359 e. The van der Waals surface area contributed by atoms with E-state index in [0.29, 0.717) is 5.11 Å². The maximum absolute atomic E-state index is 5.16. The highest BCUT2D eigenvalue weighted by Crippen LogP contribution is 2.02. The van der Waals surface area contributed by atoms with Crippen LogP contribution in [0.25, 0.3) is 0 Å². The summed E-state index contributed by atoms with van der Waals surface area (Å²) in [5, 5.41) is 3.55. The Kier molecular flexibility index (Phi) is 4.35. The van der Waals surface area contributed by atoms with Crippen LogP contribution in [0.15, 0.2) is 30.3 Å². The number of nitrogens with two attached hydrogens (primary N) is 1. The standard InChI is InChI=1S/C10H15N3S/c1-8(12-10(14)13-11)7-9-5-3-2-4-6-9/h2-6,8H,7,11H2,1H3,(H2,12,13,14). The lowest BCUT2D eigenvalue weighted by molar-refractivity contribution is 0.652. The molecule has 0 aliphatic carbocycles. The monoisotopic (exact) mass is 209 g/mol. The summed E-state index contributed by atoms with van der Waals surface area (Å²) in [4.78, 5) is 0. The van der Waals surface area contributed by atoms with Gasteiger partial charge in [-0.15, -0.1) is 0 Å². The van der Waals surface area contributed by atoms with E-state index in [2.05, 4.69) is 29.8 Å². The second-order valence-corrected chi connectivity index (χ2v) is 3.62. The third-order valence-corrected chi connectivity index (χ3v) is 2.13. The number of nitrogens with one attached hydrogen (secondary N) is 2. The van der Waals surface area contributed by atoms with Crippen LogP contribution in [0.1, 0.15) is 12.5 Å². The molecule has 0 aromatic heterocycles. The molecule has 0 heterocycles. The van der Waals surface area contributed by atoms with Crippen molar-refractivity contribution in [1.82, 2.24) is 10.7 Å². The highest BCUT2D eigenvalue weighted by atomic mass is 32.1. The molecule has 0 aliphatic rings. The van der Waals surface area contributed by atoms with Gasteiger partial charge in [-0.1, -0.05) is 30.3 Å². The Morgan fingerprint density at radius 3 is 2.64 bits per heavy atom. The van der Waals surface area contributed by atoms with Crippen molar-refractivity contribution < 1.29 is 0 Å². The second kappa shape index (κ2) is 5.57. The molecule has 0 saturated heterocycles. The SMILES string of the molecule is CC(Cc1ccccc1)NC(=S)NN. The minimum atomic E-state index is 0.279. The van der Waals surface area contributed by atoms with Gasteiger partial charge in [0.1, 0.15) is 0 Å². The smallest absolute Gasteiger partial charge is 0.180 e. The molecule has 4 N–H and O–H groups in total. The van der Waals surface area contributed by atoms with Gasteiger partial charge in [0, 0.05) is 6.04 Å². The number of hydrazine groups is 1. The van der Waals surface area contributed by atoms with E-state index < -0.39 is 0 Å². The lowest BCUT2D eigenvalue weighted by Crippen LogP contribution is -2.44. The first-order valence-corrected chi connectivity index (χ1v) is 4.94. The molecule has 0 saturated carbocycles. The number of thiocarbonyl (C=S) groups is 1. The molecule has 3 nitrogen and oxygen atoms in total. The first kappa shape index (κ1) is 10.9. The predicted molar refractivity (Wildman–Crippen MR) is 62.7 cm³/mol. The predicted octanol–water partition coefficient (Wildman–Crippen LogP) is 0.955. The van der Waals surface area contributed by atoms with Gasteiger partial charge >= 0.3 is 0 Å². The van der Waals surface area contributed by atoms with Gasteiger partial charge in [-0.05, 0) is 31.1 Å². The Balaban J connectivity index is 2.41. The Bertz CT molecular complexity index is 287. The van der Waals surface area contributed by atoms with E-state index in [1.165, 1.54) is 5.56 Å². The van der Waals surface area contributed by atoms with E-state index in [4.69, 9.17) is 18.1 Å². The lowest BCUT2D eigenvalue weighted by atomic mass is 10.1. The minimum absolute atomic E-state index is 0.279. The summed E-state index contributed by atoms with van der Waals surface area (Å²) in [6.45, 7) is 2.07. The molecular weight excluding hydrogens is 194 g/mol. The summed E-state index contributed by atoms with van der Waals surface area (Å²) < 4.78 is 0. The topological polar surface area (TPSA) is 50.1 Å². The normalized spacial score (nSPS) is 11.9. The van der Waals surface area contributed by atoms with Crippen LogP contribution in [0.5, 0.6) is 0 Å². The van der Waals surface area contributed by atoms with Crippen LogP contribution in [0.4, 0.5) is 0 Å². The number of hydrogen-bond acceptors (Lipinski definition) is 2. The van der Waals surface area contributed by atoms with E-state index in [0.717, 1.165) is 6.42 Å². The Hall–Kier alpha value is -1.13. The van der Waals surface area contributed by atoms with E-state index in [-0.39, 0.29) is 6.04 Å². The van der Waals surface area contributed by atoms with E-state index in [9.17, 15) is 0 Å². The molecule has 1 unspecified atom stereocenters. The summed E-state index contributed by atoms with van der Waals surface area (Å²) in [7, 11) is 0. The van der Waals surface area contributed by atoms with Crippen LogP contribution in [-0.4, -0.2) is 11.2 Å². The second-order valence-electron chi connectivity index (χ2n) is 3.21. The van der Waals surface area contributed by atoms with Crippen molar-refractivity contribution in [3.05, 3.63) is 35.9 Å². The van der Waals surface area contributed by atoms with Crippen LogP contribution >= 0.6 is 12.2 Å². The van der Waals surface area contributed by atoms with Gasteiger partial charge in [0.25, 0.3) is 0 Å². The molecule has 1 atom stereocenters. The third kappa shape index (κ3) is 3.72. The number of rotatable bonds is 3. The summed E-state index contributed by atoms with van der Waals surface area (Å²) in [5.41, 5.74) is 3.69. The van der Waals surface area contributed by atoms with Gasteiger partial charge in [-0.3, -0.25) is 0 Å². The Morgan fingerprint density at radius 1 is 1.43 bits per heavy atom. The molecule has 0 aliphatic heterocycles. The van der Waals surface area contributed by atoms with Crippen LogP contribution in [0, 0.1) is 0 Å². The summed E-state index contributed by atoms with van der Waals surface area (Å²) in [6, 6.07) is 10.5. The molecule has 0 amide bonds. The van der Waals surface area contributed by atoms with Crippen molar-refractivity contribution in [2.45, 2.75) is 19.4 Å². The van der Waals surface area contributed by atoms with Crippen molar-refractivity contribution in [2.24, 2.45) is 5.84 Å². The van der Waals surface area contributed by atoms with Crippen molar-refractivity contribution in [3.63, 3.8) is 0 Å². The summed E-state index contributed by atoms with van der Waals surface area (Å²) in [6.07, 6.45) is 0.933. The zero-order valence-corrected chi connectivity index (χ0v) is 8.97. The number of benzene rings is 1. The van der Waals surface area contributed by atoms with Crippen LogP contribution in [0.2, 0.25) is 0 Å². The lowest BCUT2D eigenvalue weighted by Gasteiger charge is -2.15. The maximum atomic E-state index is 5.16. The Morgan fingerprint density at radius 2 is 2.07 bits per heavy atom. The van der Waals surface area contributed by atoms with E-state index >= 15 is 0 Å². The highest BCUT2D eigenvalue weighted by Gasteiger charge is 2.03. The first-order valence-electron chi connectivity index (χ1n) is 4.53. The highest BCUT2D eigenvalue weighted by molar-refractivity contribution is 7.80.